The molecule has 0 spiro atoms. The molecule has 90 valence electrons. The van der Waals surface area contributed by atoms with Crippen LogP contribution in [-0.2, 0) is 0 Å². The molecule has 0 unspecified atom stereocenters. The van der Waals surface area contributed by atoms with Crippen LogP contribution in [0.25, 0.3) is 0 Å². The highest BCUT2D eigenvalue weighted by Crippen LogP contribution is 2.33. The fourth-order valence-corrected chi connectivity index (χ4v) is 2.74. The van der Waals surface area contributed by atoms with Crippen molar-refractivity contribution in [3.8, 4) is 6.07 Å². The number of aliphatic hydroxyl groups is 1. The molecular weight excluding hydrogens is 242 g/mol. The van der Waals surface area contributed by atoms with E-state index >= 15 is 0 Å². The zero-order valence-corrected chi connectivity index (χ0v) is 10.8. The first kappa shape index (κ1) is 12.7. The Morgan fingerprint density at radius 1 is 1.17 bits per heavy atom. The number of nitriles is 1. The maximum absolute atomic E-state index is 9.75. The summed E-state index contributed by atoms with van der Waals surface area (Å²) in [6, 6.07) is 17.4. The predicted molar refractivity (Wildman–Crippen MR) is 72.4 cm³/mol. The average molecular weight is 255 g/mol. The number of aliphatic hydroxyl groups excluding tert-OH is 1. The van der Waals surface area contributed by atoms with Crippen LogP contribution >= 0.6 is 11.8 Å². The number of hydrogen-bond donors (Lipinski definition) is 1. The number of rotatable bonds is 3. The van der Waals surface area contributed by atoms with Gasteiger partial charge in [0.2, 0.25) is 0 Å². The van der Waals surface area contributed by atoms with Crippen LogP contribution in [0.15, 0.2) is 58.3 Å². The van der Waals surface area contributed by atoms with Crippen molar-refractivity contribution in [3.05, 3.63) is 59.7 Å². The van der Waals surface area contributed by atoms with Crippen molar-refractivity contribution in [3.63, 3.8) is 0 Å². The molecule has 0 bridgehead atoms. The van der Waals surface area contributed by atoms with Crippen molar-refractivity contribution >= 4 is 11.8 Å². The minimum Gasteiger partial charge on any atom is -0.389 e. The van der Waals surface area contributed by atoms with Crippen molar-refractivity contribution in [1.82, 2.24) is 0 Å². The summed E-state index contributed by atoms with van der Waals surface area (Å²) in [5, 5.41) is 18.7. The molecule has 0 saturated carbocycles. The Kier molecular flexibility index (Phi) is 4.03. The summed E-state index contributed by atoms with van der Waals surface area (Å²) in [6.45, 7) is 1.73. The third kappa shape index (κ3) is 2.92. The first-order valence-corrected chi connectivity index (χ1v) is 6.47. The van der Waals surface area contributed by atoms with E-state index < -0.39 is 6.10 Å². The first-order chi connectivity index (χ1) is 8.70. The van der Waals surface area contributed by atoms with Crippen LogP contribution in [0.5, 0.6) is 0 Å². The van der Waals surface area contributed by atoms with E-state index in [-0.39, 0.29) is 0 Å². The summed E-state index contributed by atoms with van der Waals surface area (Å²) in [5.74, 6) is 0. The fraction of sp³-hybridized carbons (Fsp3) is 0.133. The van der Waals surface area contributed by atoms with Gasteiger partial charge in [-0.3, -0.25) is 0 Å². The van der Waals surface area contributed by atoms with E-state index in [1.807, 2.05) is 42.5 Å². The van der Waals surface area contributed by atoms with Gasteiger partial charge in [-0.05, 0) is 36.8 Å². The van der Waals surface area contributed by atoms with E-state index in [4.69, 9.17) is 5.26 Å². The molecule has 0 aliphatic rings. The number of nitrogens with zero attached hydrogens (tertiary/aromatic N) is 1. The Balaban J connectivity index is 2.39. The van der Waals surface area contributed by atoms with Gasteiger partial charge in [-0.25, -0.2) is 0 Å². The van der Waals surface area contributed by atoms with Crippen molar-refractivity contribution < 1.29 is 5.11 Å². The largest absolute Gasteiger partial charge is 0.389 e. The second-order valence-electron chi connectivity index (χ2n) is 3.96. The zero-order chi connectivity index (χ0) is 13.0. The Labute approximate surface area is 111 Å². The molecule has 0 saturated heterocycles. The van der Waals surface area contributed by atoms with Gasteiger partial charge in [-0.1, -0.05) is 36.0 Å². The molecular formula is C15H13NOS. The molecule has 0 aromatic heterocycles. The van der Waals surface area contributed by atoms with E-state index in [1.165, 1.54) is 0 Å². The van der Waals surface area contributed by atoms with Gasteiger partial charge in [-0.2, -0.15) is 5.26 Å². The minimum absolute atomic E-state index is 0.538. The monoisotopic (exact) mass is 255 g/mol. The molecule has 2 aromatic carbocycles. The normalized spacial score (nSPS) is 11.8. The van der Waals surface area contributed by atoms with Crippen LogP contribution in [0.2, 0.25) is 0 Å². The molecule has 0 amide bonds. The van der Waals surface area contributed by atoms with E-state index in [0.717, 1.165) is 15.4 Å². The first-order valence-electron chi connectivity index (χ1n) is 5.65. The Hall–Kier alpha value is -1.76. The quantitative estimate of drug-likeness (QED) is 0.908. The second kappa shape index (κ2) is 5.72. The summed E-state index contributed by atoms with van der Waals surface area (Å²) >= 11 is 1.56. The lowest BCUT2D eigenvalue weighted by molar-refractivity contribution is 0.196. The molecule has 0 radical (unpaired) electrons. The molecule has 2 rings (SSSR count). The molecule has 1 atom stereocenters. The van der Waals surface area contributed by atoms with Crippen molar-refractivity contribution in [1.29, 1.82) is 5.26 Å². The Bertz CT molecular complexity index is 573. The standard InChI is InChI=1S/C15H13NOS/c1-11(17)14-8-7-12(10-16)9-15(14)18-13-5-3-2-4-6-13/h2-9,11,17H,1H3/t11-/m0/s1. The van der Waals surface area contributed by atoms with E-state index in [1.54, 1.807) is 24.8 Å². The van der Waals surface area contributed by atoms with Crippen LogP contribution in [0.3, 0.4) is 0 Å². The van der Waals surface area contributed by atoms with Gasteiger partial charge < -0.3 is 5.11 Å². The van der Waals surface area contributed by atoms with Gasteiger partial charge in [0.05, 0.1) is 17.7 Å². The summed E-state index contributed by atoms with van der Waals surface area (Å²) < 4.78 is 0. The lowest BCUT2D eigenvalue weighted by Gasteiger charge is -2.11. The number of benzene rings is 2. The molecule has 0 heterocycles. The molecule has 3 heteroatoms. The van der Waals surface area contributed by atoms with Crippen LogP contribution in [0.1, 0.15) is 24.2 Å². The van der Waals surface area contributed by atoms with Gasteiger partial charge >= 0.3 is 0 Å². The van der Waals surface area contributed by atoms with Crippen LogP contribution in [-0.4, -0.2) is 5.11 Å². The molecule has 0 aliphatic heterocycles. The van der Waals surface area contributed by atoms with E-state index in [0.29, 0.717) is 5.56 Å². The fourth-order valence-electron chi connectivity index (χ4n) is 1.65. The Morgan fingerprint density at radius 3 is 2.50 bits per heavy atom. The smallest absolute Gasteiger partial charge is 0.0992 e. The number of hydrogen-bond acceptors (Lipinski definition) is 3. The van der Waals surface area contributed by atoms with Gasteiger partial charge in [0.15, 0.2) is 0 Å². The van der Waals surface area contributed by atoms with Crippen molar-refractivity contribution in [2.24, 2.45) is 0 Å². The van der Waals surface area contributed by atoms with Crippen LogP contribution < -0.4 is 0 Å². The molecule has 0 fully saturated rings. The van der Waals surface area contributed by atoms with Crippen LogP contribution in [0, 0.1) is 11.3 Å². The highest BCUT2D eigenvalue weighted by atomic mass is 32.2. The maximum atomic E-state index is 9.75. The third-order valence-electron chi connectivity index (χ3n) is 2.56. The topological polar surface area (TPSA) is 44.0 Å². The molecule has 2 nitrogen and oxygen atoms in total. The Morgan fingerprint density at radius 2 is 1.89 bits per heavy atom. The van der Waals surface area contributed by atoms with Gasteiger partial charge in [-0.15, -0.1) is 0 Å². The highest BCUT2D eigenvalue weighted by Gasteiger charge is 2.10. The lowest BCUT2D eigenvalue weighted by Crippen LogP contribution is -1.94. The van der Waals surface area contributed by atoms with Gasteiger partial charge in [0, 0.05) is 9.79 Å². The lowest BCUT2D eigenvalue weighted by atomic mass is 10.1. The summed E-state index contributed by atoms with van der Waals surface area (Å²) in [5.41, 5.74) is 1.46. The highest BCUT2D eigenvalue weighted by molar-refractivity contribution is 7.99. The maximum Gasteiger partial charge on any atom is 0.0992 e. The SMILES string of the molecule is C[C@H](O)c1ccc(C#N)cc1Sc1ccccc1. The van der Waals surface area contributed by atoms with Crippen molar-refractivity contribution in [2.75, 3.05) is 0 Å². The third-order valence-corrected chi connectivity index (χ3v) is 3.65. The minimum atomic E-state index is -0.538. The predicted octanol–water partition coefficient (Wildman–Crippen LogP) is 3.76. The summed E-state index contributed by atoms with van der Waals surface area (Å²) in [7, 11) is 0. The van der Waals surface area contributed by atoms with Gasteiger partial charge in [0.25, 0.3) is 0 Å². The molecule has 1 N–H and O–H groups in total. The van der Waals surface area contributed by atoms with E-state index in [2.05, 4.69) is 6.07 Å². The average Bonchev–Trinajstić information content (AvgIpc) is 2.39. The molecule has 18 heavy (non-hydrogen) atoms. The zero-order valence-electron chi connectivity index (χ0n) is 10.00. The van der Waals surface area contributed by atoms with Gasteiger partial charge in [0.1, 0.15) is 0 Å². The molecule has 0 aliphatic carbocycles. The molecule has 2 aromatic rings. The summed E-state index contributed by atoms with van der Waals surface area (Å²) in [4.78, 5) is 2.02. The van der Waals surface area contributed by atoms with E-state index in [9.17, 15) is 5.11 Å². The van der Waals surface area contributed by atoms with Crippen LogP contribution in [0.4, 0.5) is 0 Å². The van der Waals surface area contributed by atoms with Crippen molar-refractivity contribution in [2.45, 2.75) is 22.8 Å². The second-order valence-corrected chi connectivity index (χ2v) is 5.07. The summed E-state index contributed by atoms with van der Waals surface area (Å²) in [6.07, 6.45) is -0.538.